The van der Waals surface area contributed by atoms with E-state index in [1.165, 1.54) is 14.1 Å². The lowest BCUT2D eigenvalue weighted by Crippen LogP contribution is -2.25. The smallest absolute Gasteiger partial charge is 0.417 e. The summed E-state index contributed by atoms with van der Waals surface area (Å²) in [6.45, 7) is 2.40. The number of nitrogens with zero attached hydrogens (tertiary/aromatic N) is 3. The van der Waals surface area contributed by atoms with Gasteiger partial charge in [0.1, 0.15) is 0 Å². The number of fused-ring (bicyclic) bond motifs is 1. The Kier molecular flexibility index (Phi) is 6.77. The molecule has 12 heteroatoms. The van der Waals surface area contributed by atoms with Crippen molar-refractivity contribution in [3.63, 3.8) is 0 Å². The van der Waals surface area contributed by atoms with Crippen LogP contribution in [0.3, 0.4) is 0 Å². The van der Waals surface area contributed by atoms with Crippen molar-refractivity contribution in [3.8, 4) is 5.75 Å². The summed E-state index contributed by atoms with van der Waals surface area (Å²) in [6, 6.07) is 11.4. The molecule has 190 valence electrons. The van der Waals surface area contributed by atoms with Gasteiger partial charge in [-0.1, -0.05) is 37.3 Å². The van der Waals surface area contributed by atoms with Crippen molar-refractivity contribution in [2.24, 2.45) is 0 Å². The minimum Gasteiger partial charge on any atom is -0.505 e. The topological polar surface area (TPSA) is 114 Å². The van der Waals surface area contributed by atoms with Crippen LogP contribution in [-0.2, 0) is 6.18 Å². The maximum atomic E-state index is 13.6. The number of anilines is 5. The van der Waals surface area contributed by atoms with Crippen LogP contribution >= 0.6 is 0 Å². The largest absolute Gasteiger partial charge is 0.505 e. The van der Waals surface area contributed by atoms with E-state index in [0.29, 0.717) is 30.5 Å². The Balaban J connectivity index is 1.77. The van der Waals surface area contributed by atoms with Gasteiger partial charge in [-0.15, -0.1) is 0 Å². The summed E-state index contributed by atoms with van der Waals surface area (Å²) in [5, 5.41) is 23.1. The molecule has 2 aromatic carbocycles. The lowest BCUT2D eigenvalue weighted by atomic mass is 10.0. The molecule has 0 aliphatic carbocycles. The van der Waals surface area contributed by atoms with Crippen molar-refractivity contribution < 1.29 is 23.1 Å². The summed E-state index contributed by atoms with van der Waals surface area (Å²) < 4.78 is 40.9. The number of phenolic OH excluding ortho intramolecular Hbond substituents is 1. The van der Waals surface area contributed by atoms with E-state index in [2.05, 4.69) is 31.2 Å². The van der Waals surface area contributed by atoms with Crippen LogP contribution in [0, 0.1) is 0 Å². The molecule has 0 fully saturated rings. The summed E-state index contributed by atoms with van der Waals surface area (Å²) in [5.41, 5.74) is -1.19. The molecule has 9 nitrogen and oxygen atoms in total. The molecule has 3 aromatic rings. The van der Waals surface area contributed by atoms with Gasteiger partial charge in [0, 0.05) is 14.1 Å². The van der Waals surface area contributed by atoms with Crippen LogP contribution in [0.2, 0.25) is 0 Å². The molecule has 36 heavy (non-hydrogen) atoms. The third kappa shape index (κ3) is 4.92. The predicted octanol–water partition coefficient (Wildman–Crippen LogP) is 5.00. The van der Waals surface area contributed by atoms with E-state index >= 15 is 0 Å². The van der Waals surface area contributed by atoms with Crippen LogP contribution in [0.25, 0.3) is 0 Å². The maximum Gasteiger partial charge on any atom is 0.417 e. The van der Waals surface area contributed by atoms with E-state index < -0.39 is 29.0 Å². The van der Waals surface area contributed by atoms with Crippen molar-refractivity contribution in [2.75, 3.05) is 42.0 Å². The summed E-state index contributed by atoms with van der Waals surface area (Å²) in [5.74, 6) is -0.392. The fraction of sp³-hybridized carbons (Fsp3) is 0.292. The molecule has 5 N–H and O–H groups in total. The highest BCUT2D eigenvalue weighted by Crippen LogP contribution is 2.42. The molecule has 0 saturated carbocycles. The molecule has 0 radical (unpaired) electrons. The number of halogens is 3. The highest BCUT2D eigenvalue weighted by atomic mass is 19.4. The number of hydrogen-bond donors (Lipinski definition) is 5. The van der Waals surface area contributed by atoms with Crippen molar-refractivity contribution >= 4 is 34.9 Å². The van der Waals surface area contributed by atoms with Gasteiger partial charge < -0.3 is 31.3 Å². The van der Waals surface area contributed by atoms with Crippen LogP contribution in [0.15, 0.2) is 42.5 Å². The van der Waals surface area contributed by atoms with E-state index in [1.54, 1.807) is 0 Å². The summed E-state index contributed by atoms with van der Waals surface area (Å²) in [6.07, 6.45) is -4.13. The van der Waals surface area contributed by atoms with E-state index in [4.69, 9.17) is 0 Å². The average molecular weight is 502 g/mol. The molecular formula is C24H26F3N7O2. The molecule has 4 rings (SSSR count). The Morgan fingerprint density at radius 3 is 2.31 bits per heavy atom. The first kappa shape index (κ1) is 24.9. The monoisotopic (exact) mass is 501 g/mol. The van der Waals surface area contributed by atoms with Gasteiger partial charge in [-0.25, -0.2) is 9.97 Å². The van der Waals surface area contributed by atoms with Crippen LogP contribution in [0.1, 0.15) is 40.9 Å². The predicted molar refractivity (Wildman–Crippen MR) is 132 cm³/mol. The van der Waals surface area contributed by atoms with Crippen LogP contribution in [-0.4, -0.2) is 46.6 Å². The van der Waals surface area contributed by atoms with Crippen molar-refractivity contribution in [3.05, 3.63) is 59.2 Å². The highest BCUT2D eigenvalue weighted by molar-refractivity contribution is 6.00. The molecule has 2 heterocycles. The van der Waals surface area contributed by atoms with Crippen molar-refractivity contribution in [1.82, 2.24) is 14.9 Å². The SMILES string of the molecule is CC[C@@H](Nc1nc2c(nc1Nc1ccc(C(F)(F)F)c(C(=O)N(C)C)c1O)NCN2)c1ccccc1. The molecule has 1 aliphatic rings. The van der Waals surface area contributed by atoms with Gasteiger partial charge in [-0.05, 0) is 24.1 Å². The molecule has 0 saturated heterocycles. The lowest BCUT2D eigenvalue weighted by Gasteiger charge is -2.22. The maximum absolute atomic E-state index is 13.6. The van der Waals surface area contributed by atoms with Gasteiger partial charge in [-0.3, -0.25) is 4.79 Å². The van der Waals surface area contributed by atoms with Gasteiger partial charge in [0.05, 0.1) is 29.5 Å². The summed E-state index contributed by atoms with van der Waals surface area (Å²) in [7, 11) is 2.62. The number of phenols is 1. The number of hydrogen-bond acceptors (Lipinski definition) is 8. The Morgan fingerprint density at radius 2 is 1.72 bits per heavy atom. The van der Waals surface area contributed by atoms with Gasteiger partial charge in [0.25, 0.3) is 5.91 Å². The van der Waals surface area contributed by atoms with Crippen LogP contribution in [0.5, 0.6) is 5.75 Å². The number of benzene rings is 2. The Hall–Kier alpha value is -4.22. The number of carbonyl (C=O) groups excluding carboxylic acids is 1. The van der Waals surface area contributed by atoms with E-state index in [1.807, 2.05) is 37.3 Å². The zero-order chi connectivity index (χ0) is 26.0. The second kappa shape index (κ2) is 9.80. The first-order valence-electron chi connectivity index (χ1n) is 11.2. The molecule has 1 aromatic heterocycles. The quantitative estimate of drug-likeness (QED) is 0.287. The standard InChI is InChI=1S/C24H26F3N7O2/c1-4-15(13-8-6-5-7-9-13)30-21-22(33-20-19(32-21)28-12-29-20)31-16-11-10-14(24(25,26)27)17(18(16)35)23(36)34(2)3/h5-11,15,35H,4,12H2,1-3H3,(H2,28,30,32)(H2,29,31,33)/t15-/m1/s1. The average Bonchev–Trinajstić information content (AvgIpc) is 3.30. The molecular weight excluding hydrogens is 475 g/mol. The third-order valence-corrected chi connectivity index (χ3v) is 5.69. The fourth-order valence-corrected chi connectivity index (χ4v) is 3.85. The van der Waals surface area contributed by atoms with E-state index in [0.717, 1.165) is 22.6 Å². The number of alkyl halides is 3. The summed E-state index contributed by atoms with van der Waals surface area (Å²) in [4.78, 5) is 22.6. The van der Waals surface area contributed by atoms with Crippen LogP contribution in [0.4, 0.5) is 42.1 Å². The van der Waals surface area contributed by atoms with Gasteiger partial charge >= 0.3 is 6.18 Å². The number of rotatable bonds is 7. The van der Waals surface area contributed by atoms with Crippen molar-refractivity contribution in [2.45, 2.75) is 25.6 Å². The number of aromatic nitrogens is 2. The fourth-order valence-electron chi connectivity index (χ4n) is 3.85. The Bertz CT molecular complexity index is 1270. The molecule has 0 spiro atoms. The normalized spacial score (nSPS) is 13.3. The number of aromatic hydroxyl groups is 1. The highest BCUT2D eigenvalue weighted by Gasteiger charge is 2.38. The second-order valence-electron chi connectivity index (χ2n) is 8.37. The number of amides is 1. The second-order valence-corrected chi connectivity index (χ2v) is 8.37. The molecule has 1 aliphatic heterocycles. The Morgan fingerprint density at radius 1 is 1.08 bits per heavy atom. The molecule has 0 bridgehead atoms. The van der Waals surface area contributed by atoms with Gasteiger partial charge in [0.2, 0.25) is 0 Å². The molecule has 1 amide bonds. The van der Waals surface area contributed by atoms with Gasteiger partial charge in [-0.2, -0.15) is 13.2 Å². The number of nitrogens with one attached hydrogen (secondary N) is 4. The molecule has 0 unspecified atom stereocenters. The minimum atomic E-state index is -4.84. The zero-order valence-electron chi connectivity index (χ0n) is 19.9. The van der Waals surface area contributed by atoms with Gasteiger partial charge in [0.15, 0.2) is 29.0 Å². The van der Waals surface area contributed by atoms with E-state index in [-0.39, 0.29) is 17.5 Å². The minimum absolute atomic E-state index is 0.121. The first-order valence-corrected chi connectivity index (χ1v) is 11.2. The molecule has 1 atom stereocenters. The van der Waals surface area contributed by atoms with Crippen LogP contribution < -0.4 is 21.3 Å². The summed E-state index contributed by atoms with van der Waals surface area (Å²) >= 11 is 0. The van der Waals surface area contributed by atoms with Crippen molar-refractivity contribution in [1.29, 1.82) is 0 Å². The first-order chi connectivity index (χ1) is 17.1. The lowest BCUT2D eigenvalue weighted by molar-refractivity contribution is -0.138. The Labute approximate surface area is 205 Å². The number of carbonyl (C=O) groups is 1. The zero-order valence-corrected chi connectivity index (χ0v) is 19.9. The van der Waals surface area contributed by atoms with E-state index in [9.17, 15) is 23.1 Å². The third-order valence-electron chi connectivity index (χ3n) is 5.69.